The van der Waals surface area contributed by atoms with Crippen molar-refractivity contribution in [3.63, 3.8) is 0 Å². The number of hydrogen-bond acceptors (Lipinski definition) is 6. The molecule has 2 N–H and O–H groups in total. The number of hydrogen-bond donors (Lipinski definition) is 1. The minimum atomic E-state index is -0.519. The van der Waals surface area contributed by atoms with Gasteiger partial charge in [0.2, 0.25) is 11.8 Å². The standard InChI is InChI=1S/C18H20N4O3S/c1-9-3-4-22(16(9)18(19)24)15(23)6-14-21-12-8-25-13-7-20-10(2)5-11(13)17(12)26-14/h5,7,9,16H,3-4,6,8H2,1-2H3,(H2,19,24)/t9-,16+/m1/s1. The van der Waals surface area contributed by atoms with E-state index in [1.165, 1.54) is 11.3 Å². The molecule has 4 rings (SSSR count). The van der Waals surface area contributed by atoms with E-state index < -0.39 is 11.9 Å². The lowest BCUT2D eigenvalue weighted by Crippen LogP contribution is -2.46. The van der Waals surface area contributed by atoms with Gasteiger partial charge in [-0.3, -0.25) is 14.6 Å². The third-order valence-electron chi connectivity index (χ3n) is 4.97. The van der Waals surface area contributed by atoms with Gasteiger partial charge in [0.05, 0.1) is 23.2 Å². The summed E-state index contributed by atoms with van der Waals surface area (Å²) in [5, 5.41) is 0.730. The molecule has 2 amide bonds. The summed E-state index contributed by atoms with van der Waals surface area (Å²) in [6.07, 6.45) is 2.69. The van der Waals surface area contributed by atoms with Gasteiger partial charge in [-0.2, -0.15) is 0 Å². The molecule has 0 spiro atoms. The van der Waals surface area contributed by atoms with Crippen LogP contribution in [0.15, 0.2) is 12.3 Å². The lowest BCUT2D eigenvalue weighted by molar-refractivity contribution is -0.137. The van der Waals surface area contributed by atoms with Gasteiger partial charge in [-0.1, -0.05) is 6.92 Å². The predicted octanol–water partition coefficient (Wildman–Crippen LogP) is 1.67. The number of thiazole rings is 1. The second-order valence-corrected chi connectivity index (χ2v) is 7.95. The highest BCUT2D eigenvalue weighted by atomic mass is 32.1. The summed E-state index contributed by atoms with van der Waals surface area (Å²) in [4.78, 5) is 35.9. The second-order valence-electron chi connectivity index (χ2n) is 6.87. The van der Waals surface area contributed by atoms with E-state index in [-0.39, 0.29) is 18.2 Å². The van der Waals surface area contributed by atoms with Crippen LogP contribution in [0.5, 0.6) is 5.75 Å². The van der Waals surface area contributed by atoms with E-state index in [9.17, 15) is 9.59 Å². The van der Waals surface area contributed by atoms with Crippen LogP contribution in [-0.2, 0) is 22.6 Å². The molecule has 136 valence electrons. The Kier molecular flexibility index (Phi) is 4.14. The lowest BCUT2D eigenvalue weighted by atomic mass is 10.0. The van der Waals surface area contributed by atoms with Gasteiger partial charge in [0.1, 0.15) is 23.4 Å². The summed E-state index contributed by atoms with van der Waals surface area (Å²) in [7, 11) is 0. The molecule has 2 aromatic rings. The first-order chi connectivity index (χ1) is 12.4. The Morgan fingerprint density at radius 3 is 3.04 bits per heavy atom. The summed E-state index contributed by atoms with van der Waals surface area (Å²) in [5.41, 5.74) is 8.21. The van der Waals surface area contributed by atoms with Crippen LogP contribution < -0.4 is 10.5 Å². The van der Waals surface area contributed by atoms with E-state index >= 15 is 0 Å². The molecular weight excluding hydrogens is 352 g/mol. The van der Waals surface area contributed by atoms with E-state index in [1.54, 1.807) is 11.1 Å². The SMILES string of the molecule is Cc1cc2c(cn1)OCc1nc(CC(=O)N3CC[C@@H](C)[C@H]3C(N)=O)sc1-2. The number of nitrogens with two attached hydrogens (primary N) is 1. The summed E-state index contributed by atoms with van der Waals surface area (Å²) >= 11 is 1.50. The van der Waals surface area contributed by atoms with Gasteiger partial charge >= 0.3 is 0 Å². The van der Waals surface area contributed by atoms with Gasteiger partial charge in [0.15, 0.2) is 0 Å². The van der Waals surface area contributed by atoms with Crippen molar-refractivity contribution in [2.24, 2.45) is 11.7 Å². The average Bonchev–Trinajstić information content (AvgIpc) is 3.17. The number of aromatic nitrogens is 2. The molecule has 0 aromatic carbocycles. The smallest absolute Gasteiger partial charge is 0.240 e. The Labute approximate surface area is 155 Å². The molecule has 2 aromatic heterocycles. The highest BCUT2D eigenvalue weighted by molar-refractivity contribution is 7.15. The van der Waals surface area contributed by atoms with E-state index in [0.717, 1.165) is 39.0 Å². The second kappa shape index (κ2) is 6.35. The zero-order valence-electron chi connectivity index (χ0n) is 14.7. The quantitative estimate of drug-likeness (QED) is 0.884. The van der Waals surface area contributed by atoms with Crippen LogP contribution in [0.2, 0.25) is 0 Å². The molecule has 0 aliphatic carbocycles. The molecular formula is C18H20N4O3S. The molecule has 2 aliphatic heterocycles. The molecule has 2 atom stereocenters. The minimum absolute atomic E-state index is 0.0942. The number of aryl methyl sites for hydroxylation is 1. The molecule has 26 heavy (non-hydrogen) atoms. The molecule has 7 nitrogen and oxygen atoms in total. The maximum atomic E-state index is 12.7. The first-order valence-electron chi connectivity index (χ1n) is 8.61. The number of fused-ring (bicyclic) bond motifs is 3. The number of ether oxygens (including phenoxy) is 1. The highest BCUT2D eigenvalue weighted by Gasteiger charge is 2.38. The van der Waals surface area contributed by atoms with Crippen LogP contribution in [-0.4, -0.2) is 39.3 Å². The summed E-state index contributed by atoms with van der Waals surface area (Å²) in [6.45, 7) is 4.83. The Bertz CT molecular complexity index is 895. The monoisotopic (exact) mass is 372 g/mol. The molecule has 1 saturated heterocycles. The Morgan fingerprint density at radius 1 is 1.46 bits per heavy atom. The van der Waals surface area contributed by atoms with Gasteiger partial charge in [-0.25, -0.2) is 4.98 Å². The number of likely N-dealkylation sites (tertiary alicyclic amines) is 1. The molecule has 2 aliphatic rings. The lowest BCUT2D eigenvalue weighted by Gasteiger charge is -2.23. The molecule has 1 fully saturated rings. The van der Waals surface area contributed by atoms with E-state index in [0.29, 0.717) is 13.2 Å². The predicted molar refractivity (Wildman–Crippen MR) is 96.6 cm³/mol. The number of nitrogens with zero attached hydrogens (tertiary/aromatic N) is 3. The average molecular weight is 372 g/mol. The van der Waals surface area contributed by atoms with E-state index in [4.69, 9.17) is 10.5 Å². The number of pyridine rings is 1. The Morgan fingerprint density at radius 2 is 2.27 bits per heavy atom. The fraction of sp³-hybridized carbons (Fsp3) is 0.444. The van der Waals surface area contributed by atoms with Crippen molar-refractivity contribution in [1.29, 1.82) is 0 Å². The normalized spacial score (nSPS) is 21.1. The van der Waals surface area contributed by atoms with Crippen LogP contribution in [0.3, 0.4) is 0 Å². The third kappa shape index (κ3) is 2.84. The molecule has 8 heteroatoms. The summed E-state index contributed by atoms with van der Waals surface area (Å²) in [6, 6.07) is 1.46. The van der Waals surface area contributed by atoms with Crippen molar-refractivity contribution < 1.29 is 14.3 Å². The Balaban J connectivity index is 1.58. The van der Waals surface area contributed by atoms with Crippen molar-refractivity contribution in [3.8, 4) is 16.2 Å². The van der Waals surface area contributed by atoms with Crippen LogP contribution in [0.4, 0.5) is 0 Å². The number of carbonyl (C=O) groups excluding carboxylic acids is 2. The minimum Gasteiger partial charge on any atom is -0.485 e. The van der Waals surface area contributed by atoms with Crippen molar-refractivity contribution in [2.45, 2.75) is 39.3 Å². The zero-order valence-corrected chi connectivity index (χ0v) is 15.5. The number of primary amides is 1. The van der Waals surface area contributed by atoms with Gasteiger partial charge in [-0.05, 0) is 25.3 Å². The van der Waals surface area contributed by atoms with Crippen LogP contribution >= 0.6 is 11.3 Å². The maximum absolute atomic E-state index is 12.7. The van der Waals surface area contributed by atoms with E-state index in [1.807, 2.05) is 19.9 Å². The number of amides is 2. The van der Waals surface area contributed by atoms with Crippen molar-refractivity contribution in [3.05, 3.63) is 28.7 Å². The molecule has 0 bridgehead atoms. The van der Waals surface area contributed by atoms with Crippen LogP contribution in [0.1, 0.15) is 29.7 Å². The molecule has 4 heterocycles. The fourth-order valence-electron chi connectivity index (χ4n) is 3.66. The van der Waals surface area contributed by atoms with E-state index in [2.05, 4.69) is 9.97 Å². The topological polar surface area (TPSA) is 98.4 Å². The van der Waals surface area contributed by atoms with Crippen LogP contribution in [0.25, 0.3) is 10.4 Å². The maximum Gasteiger partial charge on any atom is 0.240 e. The molecule has 0 saturated carbocycles. The number of rotatable bonds is 3. The van der Waals surface area contributed by atoms with Crippen molar-refractivity contribution in [1.82, 2.24) is 14.9 Å². The first-order valence-corrected chi connectivity index (χ1v) is 9.43. The third-order valence-corrected chi connectivity index (χ3v) is 6.10. The van der Waals surface area contributed by atoms with Crippen LogP contribution in [0, 0.1) is 12.8 Å². The van der Waals surface area contributed by atoms with Crippen molar-refractivity contribution >= 4 is 23.2 Å². The van der Waals surface area contributed by atoms with Gasteiger partial charge in [-0.15, -0.1) is 11.3 Å². The first kappa shape index (κ1) is 17.0. The fourth-order valence-corrected chi connectivity index (χ4v) is 4.74. The largest absolute Gasteiger partial charge is 0.485 e. The van der Waals surface area contributed by atoms with Crippen molar-refractivity contribution in [2.75, 3.05) is 6.54 Å². The molecule has 0 radical (unpaired) electrons. The zero-order chi connectivity index (χ0) is 18.4. The van der Waals surface area contributed by atoms with Gasteiger partial charge < -0.3 is 15.4 Å². The summed E-state index contributed by atoms with van der Waals surface area (Å²) in [5.74, 6) is 0.298. The highest BCUT2D eigenvalue weighted by Crippen LogP contribution is 2.41. The molecule has 0 unspecified atom stereocenters. The summed E-state index contributed by atoms with van der Waals surface area (Å²) < 4.78 is 5.71. The van der Waals surface area contributed by atoms with Gasteiger partial charge in [0, 0.05) is 17.8 Å². The Hall–Kier alpha value is -2.48. The number of carbonyl (C=O) groups is 2. The van der Waals surface area contributed by atoms with Gasteiger partial charge in [0.25, 0.3) is 0 Å².